The van der Waals surface area contributed by atoms with Crippen molar-refractivity contribution < 1.29 is 9.90 Å². The van der Waals surface area contributed by atoms with E-state index >= 15 is 0 Å². The molecule has 0 spiro atoms. The van der Waals surface area contributed by atoms with Crippen LogP contribution in [0.5, 0.6) is 5.75 Å². The van der Waals surface area contributed by atoms with Gasteiger partial charge >= 0.3 is 0 Å². The Morgan fingerprint density at radius 2 is 1.76 bits per heavy atom. The zero-order valence-corrected chi connectivity index (χ0v) is 12.3. The standard InChI is InChI=1S/C17H24N2O2/c18-16(9-11-1-7-14(20)8-2-11)17(21)19-10-15(12-3-4-12)13-5-6-13/h1-2,7-8,12-13,15-16,20H,3-6,9-10,18H2,(H,19,21). The molecule has 2 aliphatic rings. The van der Waals surface area contributed by atoms with Crippen LogP contribution in [0.4, 0.5) is 0 Å². The third-order valence-electron chi connectivity index (χ3n) is 4.70. The van der Waals surface area contributed by atoms with Crippen molar-refractivity contribution in [1.82, 2.24) is 5.32 Å². The molecule has 1 atom stereocenters. The first-order valence-corrected chi connectivity index (χ1v) is 7.94. The number of benzene rings is 1. The minimum absolute atomic E-state index is 0.0608. The summed E-state index contributed by atoms with van der Waals surface area (Å²) in [5, 5.41) is 12.3. The fourth-order valence-electron chi connectivity index (χ4n) is 3.10. The van der Waals surface area contributed by atoms with Crippen LogP contribution in [0.3, 0.4) is 0 Å². The lowest BCUT2D eigenvalue weighted by molar-refractivity contribution is -0.122. The van der Waals surface area contributed by atoms with E-state index in [2.05, 4.69) is 5.32 Å². The Balaban J connectivity index is 1.46. The van der Waals surface area contributed by atoms with E-state index in [4.69, 9.17) is 5.73 Å². The average Bonchev–Trinajstić information content (AvgIpc) is 3.35. The van der Waals surface area contributed by atoms with E-state index in [-0.39, 0.29) is 11.7 Å². The maximum Gasteiger partial charge on any atom is 0.237 e. The largest absolute Gasteiger partial charge is 0.508 e. The number of carbonyl (C=O) groups is 1. The third-order valence-corrected chi connectivity index (χ3v) is 4.70. The van der Waals surface area contributed by atoms with Crippen molar-refractivity contribution in [3.05, 3.63) is 29.8 Å². The van der Waals surface area contributed by atoms with Gasteiger partial charge in [0, 0.05) is 6.54 Å². The van der Waals surface area contributed by atoms with E-state index < -0.39 is 6.04 Å². The van der Waals surface area contributed by atoms with Crippen molar-refractivity contribution in [2.24, 2.45) is 23.5 Å². The summed E-state index contributed by atoms with van der Waals surface area (Å²) in [6.45, 7) is 0.789. The van der Waals surface area contributed by atoms with E-state index in [1.807, 2.05) is 0 Å². The molecule has 4 heteroatoms. The van der Waals surface area contributed by atoms with Crippen LogP contribution < -0.4 is 11.1 Å². The van der Waals surface area contributed by atoms with Gasteiger partial charge in [0.1, 0.15) is 5.75 Å². The van der Waals surface area contributed by atoms with Gasteiger partial charge in [-0.2, -0.15) is 0 Å². The quantitative estimate of drug-likeness (QED) is 0.716. The molecule has 0 aromatic heterocycles. The van der Waals surface area contributed by atoms with Crippen LogP contribution in [0.25, 0.3) is 0 Å². The number of hydrogen-bond donors (Lipinski definition) is 3. The van der Waals surface area contributed by atoms with Crippen molar-refractivity contribution in [2.45, 2.75) is 38.1 Å². The molecule has 0 saturated heterocycles. The first kappa shape index (κ1) is 14.4. The number of nitrogens with two attached hydrogens (primary N) is 1. The summed E-state index contributed by atoms with van der Waals surface area (Å²) >= 11 is 0. The van der Waals surface area contributed by atoms with Gasteiger partial charge in [-0.25, -0.2) is 0 Å². The Hall–Kier alpha value is -1.55. The highest BCUT2D eigenvalue weighted by Gasteiger charge is 2.41. The smallest absolute Gasteiger partial charge is 0.237 e. The Morgan fingerprint density at radius 1 is 1.19 bits per heavy atom. The van der Waals surface area contributed by atoms with E-state index in [0.717, 1.165) is 23.9 Å². The summed E-state index contributed by atoms with van der Waals surface area (Å²) in [6.07, 6.45) is 5.82. The lowest BCUT2D eigenvalue weighted by atomic mass is 9.97. The van der Waals surface area contributed by atoms with Crippen LogP contribution in [0.15, 0.2) is 24.3 Å². The molecule has 1 unspecified atom stereocenters. The zero-order valence-electron chi connectivity index (χ0n) is 12.3. The molecule has 0 bridgehead atoms. The molecule has 1 aromatic rings. The van der Waals surface area contributed by atoms with Crippen molar-refractivity contribution in [3.63, 3.8) is 0 Å². The SMILES string of the molecule is NC(Cc1ccc(O)cc1)C(=O)NCC(C1CC1)C1CC1. The Labute approximate surface area is 125 Å². The van der Waals surface area contributed by atoms with E-state index in [1.54, 1.807) is 24.3 Å². The highest BCUT2D eigenvalue weighted by Crippen LogP contribution is 2.48. The lowest BCUT2D eigenvalue weighted by Gasteiger charge is -2.18. The Bertz CT molecular complexity index is 480. The summed E-state index contributed by atoms with van der Waals surface area (Å²) in [4.78, 5) is 12.1. The minimum atomic E-state index is -0.520. The minimum Gasteiger partial charge on any atom is -0.508 e. The predicted molar refractivity (Wildman–Crippen MR) is 81.7 cm³/mol. The summed E-state index contributed by atoms with van der Waals surface area (Å²) in [5.74, 6) is 2.52. The van der Waals surface area contributed by atoms with Gasteiger partial charge in [-0.3, -0.25) is 4.79 Å². The Kier molecular flexibility index (Phi) is 4.15. The molecule has 4 nitrogen and oxygen atoms in total. The molecular weight excluding hydrogens is 264 g/mol. The van der Waals surface area contributed by atoms with Crippen LogP contribution in [0.1, 0.15) is 31.2 Å². The molecule has 2 aliphatic carbocycles. The average molecular weight is 288 g/mol. The number of phenolic OH excluding ortho intramolecular Hbond substituents is 1. The lowest BCUT2D eigenvalue weighted by Crippen LogP contribution is -2.44. The number of carbonyl (C=O) groups excluding carboxylic acids is 1. The summed E-state index contributed by atoms with van der Waals surface area (Å²) in [6, 6.07) is 6.33. The molecule has 4 N–H and O–H groups in total. The molecule has 1 aromatic carbocycles. The number of phenols is 1. The van der Waals surface area contributed by atoms with Gasteiger partial charge in [0.2, 0.25) is 5.91 Å². The first-order chi connectivity index (χ1) is 10.1. The monoisotopic (exact) mass is 288 g/mol. The molecule has 21 heavy (non-hydrogen) atoms. The first-order valence-electron chi connectivity index (χ1n) is 7.94. The highest BCUT2D eigenvalue weighted by molar-refractivity contribution is 5.81. The molecule has 114 valence electrons. The van der Waals surface area contributed by atoms with Crippen molar-refractivity contribution in [2.75, 3.05) is 6.54 Å². The number of nitrogens with one attached hydrogen (secondary N) is 1. The zero-order chi connectivity index (χ0) is 14.8. The van der Waals surface area contributed by atoms with E-state index in [1.165, 1.54) is 25.7 Å². The predicted octanol–water partition coefficient (Wildman–Crippen LogP) is 1.81. The van der Waals surface area contributed by atoms with Gasteiger partial charge in [-0.1, -0.05) is 12.1 Å². The molecular formula is C17H24N2O2. The maximum atomic E-state index is 12.1. The van der Waals surface area contributed by atoms with Gasteiger partial charge < -0.3 is 16.2 Å². The molecule has 2 fully saturated rings. The van der Waals surface area contributed by atoms with Gasteiger partial charge in [0.25, 0.3) is 0 Å². The van der Waals surface area contributed by atoms with Gasteiger partial charge in [-0.05, 0) is 67.6 Å². The molecule has 0 heterocycles. The van der Waals surface area contributed by atoms with Crippen molar-refractivity contribution in [3.8, 4) is 5.75 Å². The van der Waals surface area contributed by atoms with Crippen LogP contribution in [-0.4, -0.2) is 23.6 Å². The third kappa shape index (κ3) is 3.97. The second-order valence-electron chi connectivity index (χ2n) is 6.56. The maximum absolute atomic E-state index is 12.1. The van der Waals surface area contributed by atoms with Crippen molar-refractivity contribution in [1.29, 1.82) is 0 Å². The summed E-state index contributed by atoms with van der Waals surface area (Å²) in [5.41, 5.74) is 6.95. The fourth-order valence-corrected chi connectivity index (χ4v) is 3.10. The van der Waals surface area contributed by atoms with E-state index in [9.17, 15) is 9.90 Å². The van der Waals surface area contributed by atoms with Crippen LogP contribution >= 0.6 is 0 Å². The van der Waals surface area contributed by atoms with Gasteiger partial charge in [-0.15, -0.1) is 0 Å². The summed E-state index contributed by atoms with van der Waals surface area (Å²) in [7, 11) is 0. The van der Waals surface area contributed by atoms with Crippen LogP contribution in [0, 0.1) is 17.8 Å². The Morgan fingerprint density at radius 3 is 2.29 bits per heavy atom. The molecule has 3 rings (SSSR count). The number of rotatable bonds is 7. The second kappa shape index (κ2) is 6.06. The molecule has 0 radical (unpaired) electrons. The topological polar surface area (TPSA) is 75.3 Å². The van der Waals surface area contributed by atoms with Crippen LogP contribution in [-0.2, 0) is 11.2 Å². The highest BCUT2D eigenvalue weighted by atomic mass is 16.3. The second-order valence-corrected chi connectivity index (χ2v) is 6.56. The summed E-state index contributed by atoms with van der Waals surface area (Å²) < 4.78 is 0. The normalized spacial score (nSPS) is 19.5. The molecule has 2 saturated carbocycles. The molecule has 1 amide bonds. The number of hydrogen-bond acceptors (Lipinski definition) is 3. The number of amides is 1. The van der Waals surface area contributed by atoms with Gasteiger partial charge in [0.15, 0.2) is 0 Å². The number of aromatic hydroxyl groups is 1. The molecule has 0 aliphatic heterocycles. The fraction of sp³-hybridized carbons (Fsp3) is 0.588. The van der Waals surface area contributed by atoms with Crippen molar-refractivity contribution >= 4 is 5.91 Å². The van der Waals surface area contributed by atoms with Crippen LogP contribution in [0.2, 0.25) is 0 Å². The van der Waals surface area contributed by atoms with Gasteiger partial charge in [0.05, 0.1) is 6.04 Å². The van der Waals surface area contributed by atoms with E-state index in [0.29, 0.717) is 12.3 Å².